The number of benzene rings is 2. The van der Waals surface area contributed by atoms with Crippen LogP contribution in [0.4, 0.5) is 0 Å². The monoisotopic (exact) mass is 468 g/mol. The number of ether oxygens (including phenoxy) is 2. The molecule has 0 saturated carbocycles. The molecule has 0 unspecified atom stereocenters. The van der Waals surface area contributed by atoms with Crippen LogP contribution in [0.15, 0.2) is 47.4 Å². The summed E-state index contributed by atoms with van der Waals surface area (Å²) in [5.74, 6) is -1.05. The van der Waals surface area contributed by atoms with E-state index in [2.05, 4.69) is 4.72 Å². The summed E-state index contributed by atoms with van der Waals surface area (Å²) in [6.45, 7) is 3.16. The van der Waals surface area contributed by atoms with Crippen LogP contribution >= 0.6 is 11.6 Å². The zero-order valence-corrected chi connectivity index (χ0v) is 19.3. The van der Waals surface area contributed by atoms with Gasteiger partial charge >= 0.3 is 5.97 Å². The molecule has 1 N–H and O–H groups in total. The lowest BCUT2D eigenvalue weighted by molar-refractivity contribution is -0.141. The van der Waals surface area contributed by atoms with Crippen molar-refractivity contribution in [3.63, 3.8) is 0 Å². The van der Waals surface area contributed by atoms with Crippen molar-refractivity contribution in [1.29, 1.82) is 0 Å². The number of sulfonamides is 1. The highest BCUT2D eigenvalue weighted by Gasteiger charge is 2.25. The normalized spacial score (nSPS) is 11.3. The van der Waals surface area contributed by atoms with E-state index in [9.17, 15) is 18.0 Å². The number of halogens is 1. The lowest BCUT2D eigenvalue weighted by atomic mass is 10.1. The number of nitrogens with one attached hydrogen (secondary N) is 1. The van der Waals surface area contributed by atoms with Crippen LogP contribution in [0.5, 0.6) is 5.75 Å². The molecule has 0 aromatic heterocycles. The van der Waals surface area contributed by atoms with Crippen LogP contribution in [0.1, 0.15) is 29.8 Å². The quantitative estimate of drug-likeness (QED) is 0.568. The molecule has 0 aliphatic heterocycles. The summed E-state index contributed by atoms with van der Waals surface area (Å²) >= 11 is 5.91. The summed E-state index contributed by atoms with van der Waals surface area (Å²) < 4.78 is 37.8. The van der Waals surface area contributed by atoms with E-state index in [4.69, 9.17) is 21.1 Å². The molecular formula is C21H25ClN2O6S. The van der Waals surface area contributed by atoms with Gasteiger partial charge in [-0.15, -0.1) is 0 Å². The van der Waals surface area contributed by atoms with E-state index < -0.39 is 21.9 Å². The van der Waals surface area contributed by atoms with Gasteiger partial charge in [0.1, 0.15) is 17.2 Å². The van der Waals surface area contributed by atoms with Gasteiger partial charge in [0.2, 0.25) is 10.0 Å². The molecule has 31 heavy (non-hydrogen) atoms. The van der Waals surface area contributed by atoms with E-state index in [0.29, 0.717) is 5.02 Å². The molecule has 0 spiro atoms. The molecule has 8 nitrogen and oxygen atoms in total. The number of methoxy groups -OCH3 is 2. The van der Waals surface area contributed by atoms with Crippen molar-refractivity contribution >= 4 is 33.5 Å². The van der Waals surface area contributed by atoms with Gasteiger partial charge in [0.25, 0.3) is 5.91 Å². The molecule has 0 bridgehead atoms. The van der Waals surface area contributed by atoms with Crippen molar-refractivity contribution in [3.8, 4) is 5.75 Å². The first-order chi connectivity index (χ1) is 14.6. The van der Waals surface area contributed by atoms with Crippen LogP contribution < -0.4 is 9.46 Å². The molecular weight excluding hydrogens is 444 g/mol. The molecule has 1 amide bonds. The van der Waals surface area contributed by atoms with Crippen molar-refractivity contribution in [1.82, 2.24) is 9.62 Å². The topological polar surface area (TPSA) is 102 Å². The van der Waals surface area contributed by atoms with Gasteiger partial charge < -0.3 is 14.4 Å². The first kappa shape index (κ1) is 24.6. The van der Waals surface area contributed by atoms with E-state index in [1.807, 2.05) is 0 Å². The Morgan fingerprint density at radius 1 is 1.10 bits per heavy atom. The summed E-state index contributed by atoms with van der Waals surface area (Å²) in [5, 5.41) is 0.539. The molecule has 2 aromatic carbocycles. The molecule has 10 heteroatoms. The van der Waals surface area contributed by atoms with E-state index in [-0.39, 0.29) is 35.3 Å². The highest BCUT2D eigenvalue weighted by Crippen LogP contribution is 2.26. The average Bonchev–Trinajstić information content (AvgIpc) is 2.72. The Kier molecular flexibility index (Phi) is 8.43. The third-order valence-corrected chi connectivity index (χ3v) is 6.14. The number of rotatable bonds is 9. The number of nitrogens with zero attached hydrogens (tertiary/aromatic N) is 1. The molecule has 168 valence electrons. The Morgan fingerprint density at radius 2 is 1.74 bits per heavy atom. The van der Waals surface area contributed by atoms with Crippen LogP contribution in [-0.4, -0.2) is 52.0 Å². The van der Waals surface area contributed by atoms with Gasteiger partial charge in [0.05, 0.1) is 14.2 Å². The molecule has 0 aliphatic rings. The van der Waals surface area contributed by atoms with E-state index in [0.717, 1.165) is 5.56 Å². The van der Waals surface area contributed by atoms with Crippen molar-refractivity contribution in [2.75, 3.05) is 20.8 Å². The number of hydrogen-bond acceptors (Lipinski definition) is 6. The molecule has 0 aliphatic carbocycles. The van der Waals surface area contributed by atoms with Gasteiger partial charge in [-0.1, -0.05) is 23.7 Å². The Morgan fingerprint density at radius 3 is 2.29 bits per heavy atom. The van der Waals surface area contributed by atoms with Crippen LogP contribution in [0, 0.1) is 0 Å². The molecule has 0 radical (unpaired) electrons. The summed E-state index contributed by atoms with van der Waals surface area (Å²) in [6, 6.07) is 10.5. The van der Waals surface area contributed by atoms with Crippen LogP contribution in [0.2, 0.25) is 5.02 Å². The first-order valence-corrected chi connectivity index (χ1v) is 11.2. The number of amides is 1. The predicted molar refractivity (Wildman–Crippen MR) is 117 cm³/mol. The van der Waals surface area contributed by atoms with Gasteiger partial charge in [0, 0.05) is 23.2 Å². The minimum atomic E-state index is -3.93. The Labute approximate surface area is 187 Å². The van der Waals surface area contributed by atoms with Crippen molar-refractivity contribution in [3.05, 3.63) is 58.6 Å². The number of hydrogen-bond donors (Lipinski definition) is 1. The molecule has 0 saturated heterocycles. The fourth-order valence-electron chi connectivity index (χ4n) is 2.81. The standard InChI is InChI=1S/C21H25ClN2O6S/c1-14(2)23-31(27,28)19-11-16(7-10-18(19)29-3)21(26)24(13-20(25)30-4)12-15-5-8-17(22)9-6-15/h5-11,14,23H,12-13H2,1-4H3. The number of carbonyl (C=O) groups excluding carboxylic acids is 2. The highest BCUT2D eigenvalue weighted by atomic mass is 35.5. The van der Waals surface area contributed by atoms with Crippen molar-refractivity contribution in [2.45, 2.75) is 31.3 Å². The summed E-state index contributed by atoms with van der Waals surface area (Å²) in [7, 11) is -1.36. The zero-order valence-electron chi connectivity index (χ0n) is 17.7. The minimum Gasteiger partial charge on any atom is -0.495 e. The third-order valence-electron chi connectivity index (χ3n) is 4.21. The maximum Gasteiger partial charge on any atom is 0.325 e. The van der Waals surface area contributed by atoms with Gasteiger partial charge in [0.15, 0.2) is 0 Å². The third kappa shape index (κ3) is 6.68. The van der Waals surface area contributed by atoms with E-state index in [1.54, 1.807) is 38.1 Å². The Balaban J connectivity index is 2.44. The van der Waals surface area contributed by atoms with E-state index in [1.165, 1.54) is 37.3 Å². The maximum atomic E-state index is 13.2. The number of carbonyl (C=O) groups is 2. The summed E-state index contributed by atoms with van der Waals surface area (Å²) in [6.07, 6.45) is 0. The van der Waals surface area contributed by atoms with Gasteiger partial charge in [-0.05, 0) is 49.7 Å². The average molecular weight is 469 g/mol. The lowest BCUT2D eigenvalue weighted by Gasteiger charge is -2.22. The SMILES string of the molecule is COC(=O)CN(Cc1ccc(Cl)cc1)C(=O)c1ccc(OC)c(S(=O)(=O)NC(C)C)c1. The van der Waals surface area contributed by atoms with Crippen LogP contribution in [0.3, 0.4) is 0 Å². The summed E-state index contributed by atoms with van der Waals surface area (Å²) in [5.41, 5.74) is 0.826. The molecule has 2 aromatic rings. The summed E-state index contributed by atoms with van der Waals surface area (Å²) in [4.78, 5) is 26.2. The smallest absolute Gasteiger partial charge is 0.325 e. The fraction of sp³-hybridized carbons (Fsp3) is 0.333. The van der Waals surface area contributed by atoms with Crippen molar-refractivity contribution in [2.24, 2.45) is 0 Å². The first-order valence-electron chi connectivity index (χ1n) is 9.38. The van der Waals surface area contributed by atoms with Crippen molar-refractivity contribution < 1.29 is 27.5 Å². The van der Waals surface area contributed by atoms with Gasteiger partial charge in [-0.25, -0.2) is 13.1 Å². The van der Waals surface area contributed by atoms with Crippen LogP contribution in [0.25, 0.3) is 0 Å². The second-order valence-electron chi connectivity index (χ2n) is 7.01. The molecule has 2 rings (SSSR count). The lowest BCUT2D eigenvalue weighted by Crippen LogP contribution is -2.36. The maximum absolute atomic E-state index is 13.2. The zero-order chi connectivity index (χ0) is 23.2. The minimum absolute atomic E-state index is 0.0859. The largest absolute Gasteiger partial charge is 0.495 e. The number of esters is 1. The molecule has 0 fully saturated rings. The fourth-order valence-corrected chi connectivity index (χ4v) is 4.38. The van der Waals surface area contributed by atoms with Crippen LogP contribution in [-0.2, 0) is 26.1 Å². The van der Waals surface area contributed by atoms with E-state index >= 15 is 0 Å². The second kappa shape index (κ2) is 10.6. The molecule has 0 heterocycles. The second-order valence-corrected chi connectivity index (χ2v) is 9.12. The van der Waals surface area contributed by atoms with Gasteiger partial charge in [-0.3, -0.25) is 9.59 Å². The Bertz CT molecular complexity index is 1040. The molecule has 0 atom stereocenters. The highest BCUT2D eigenvalue weighted by molar-refractivity contribution is 7.89. The Hall–Kier alpha value is -2.62. The van der Waals surface area contributed by atoms with Gasteiger partial charge in [-0.2, -0.15) is 0 Å². The predicted octanol–water partition coefficient (Wildman–Crippen LogP) is 2.85.